The number of pyridine rings is 1. The third-order valence-corrected chi connectivity index (χ3v) is 4.24. The lowest BCUT2D eigenvalue weighted by Crippen LogP contribution is -2.35. The number of nitrogens with zero attached hydrogens (tertiary/aromatic N) is 3. The Kier molecular flexibility index (Phi) is 4.64. The summed E-state index contributed by atoms with van der Waals surface area (Å²) in [4.78, 5) is 13.7. The maximum atomic E-state index is 5.71. The van der Waals surface area contributed by atoms with Gasteiger partial charge in [-0.15, -0.1) is 0 Å². The summed E-state index contributed by atoms with van der Waals surface area (Å²) in [6.07, 6.45) is 4.53. The second kappa shape index (κ2) is 7.21. The van der Waals surface area contributed by atoms with Gasteiger partial charge in [0.25, 0.3) is 0 Å². The van der Waals surface area contributed by atoms with Crippen LogP contribution in [0.15, 0.2) is 24.5 Å². The van der Waals surface area contributed by atoms with Crippen molar-refractivity contribution < 1.29 is 9.47 Å². The van der Waals surface area contributed by atoms with Gasteiger partial charge in [0.15, 0.2) is 5.82 Å². The van der Waals surface area contributed by atoms with E-state index < -0.39 is 0 Å². The molecule has 24 heavy (non-hydrogen) atoms. The molecule has 2 aromatic heterocycles. The Labute approximate surface area is 140 Å². The topological polar surface area (TPSA) is 81.2 Å². The summed E-state index contributed by atoms with van der Waals surface area (Å²) >= 11 is 0. The molecule has 0 aliphatic carbocycles. The summed E-state index contributed by atoms with van der Waals surface area (Å²) in [5, 5.41) is 6.82. The van der Waals surface area contributed by atoms with Crippen LogP contribution in [-0.4, -0.2) is 54.0 Å². The average molecular weight is 327 g/mol. The molecule has 1 saturated heterocycles. The molecule has 0 spiro atoms. The fourth-order valence-corrected chi connectivity index (χ4v) is 2.99. The molecule has 0 bridgehead atoms. The molecule has 7 nitrogen and oxygen atoms in total. The molecular formula is C17H21N5O2. The summed E-state index contributed by atoms with van der Waals surface area (Å²) in [5.41, 5.74) is 3.17. The van der Waals surface area contributed by atoms with Crippen LogP contribution in [-0.2, 0) is 22.4 Å². The number of anilines is 1. The zero-order valence-electron chi connectivity index (χ0n) is 13.5. The SMILES string of the molecule is c1cncc(-c2nc3c(c(NCC4COCCO4)n2)CCNC3)c1. The number of aromatic nitrogens is 3. The molecule has 1 unspecified atom stereocenters. The Balaban J connectivity index is 1.61. The van der Waals surface area contributed by atoms with E-state index in [0.29, 0.717) is 32.2 Å². The van der Waals surface area contributed by atoms with Crippen LogP contribution in [0, 0.1) is 0 Å². The summed E-state index contributed by atoms with van der Waals surface area (Å²) in [6, 6.07) is 3.88. The zero-order chi connectivity index (χ0) is 16.2. The minimum absolute atomic E-state index is 0.0629. The van der Waals surface area contributed by atoms with Crippen molar-refractivity contribution in [1.82, 2.24) is 20.3 Å². The first kappa shape index (κ1) is 15.4. The predicted molar refractivity (Wildman–Crippen MR) is 89.7 cm³/mol. The number of ether oxygens (including phenoxy) is 2. The van der Waals surface area contributed by atoms with Crippen LogP contribution in [0.2, 0.25) is 0 Å². The molecule has 0 radical (unpaired) electrons. The third-order valence-electron chi connectivity index (χ3n) is 4.24. The van der Waals surface area contributed by atoms with Crippen molar-refractivity contribution in [2.75, 3.05) is 38.2 Å². The molecule has 2 N–H and O–H groups in total. The van der Waals surface area contributed by atoms with Crippen LogP contribution >= 0.6 is 0 Å². The van der Waals surface area contributed by atoms with Crippen LogP contribution in [0.4, 0.5) is 5.82 Å². The first-order valence-corrected chi connectivity index (χ1v) is 8.34. The number of rotatable bonds is 4. The quantitative estimate of drug-likeness (QED) is 0.867. The van der Waals surface area contributed by atoms with Crippen LogP contribution in [0.25, 0.3) is 11.4 Å². The van der Waals surface area contributed by atoms with Crippen LogP contribution < -0.4 is 10.6 Å². The van der Waals surface area contributed by atoms with Crippen molar-refractivity contribution in [1.29, 1.82) is 0 Å². The van der Waals surface area contributed by atoms with Gasteiger partial charge < -0.3 is 20.1 Å². The highest BCUT2D eigenvalue weighted by Gasteiger charge is 2.20. The summed E-state index contributed by atoms with van der Waals surface area (Å²) in [6.45, 7) is 4.35. The largest absolute Gasteiger partial charge is 0.376 e. The van der Waals surface area contributed by atoms with E-state index in [9.17, 15) is 0 Å². The van der Waals surface area contributed by atoms with E-state index in [-0.39, 0.29) is 6.10 Å². The third kappa shape index (κ3) is 3.38. The highest BCUT2D eigenvalue weighted by atomic mass is 16.6. The van der Waals surface area contributed by atoms with Crippen molar-refractivity contribution in [2.24, 2.45) is 0 Å². The number of hydrogen-bond acceptors (Lipinski definition) is 7. The Morgan fingerprint density at radius 2 is 2.29 bits per heavy atom. The van der Waals surface area contributed by atoms with Gasteiger partial charge in [0.05, 0.1) is 31.6 Å². The molecule has 126 valence electrons. The van der Waals surface area contributed by atoms with Gasteiger partial charge >= 0.3 is 0 Å². The molecule has 7 heteroatoms. The van der Waals surface area contributed by atoms with Crippen molar-refractivity contribution in [3.63, 3.8) is 0 Å². The maximum Gasteiger partial charge on any atom is 0.163 e. The van der Waals surface area contributed by atoms with Crippen LogP contribution in [0.5, 0.6) is 0 Å². The molecule has 2 aliphatic rings. The summed E-state index contributed by atoms with van der Waals surface area (Å²) < 4.78 is 11.2. The molecule has 4 rings (SSSR count). The minimum atomic E-state index is 0.0629. The summed E-state index contributed by atoms with van der Waals surface area (Å²) in [5.74, 6) is 1.60. The van der Waals surface area contributed by atoms with Crippen molar-refractivity contribution in [3.8, 4) is 11.4 Å². The highest BCUT2D eigenvalue weighted by Crippen LogP contribution is 2.24. The van der Waals surface area contributed by atoms with E-state index in [0.717, 1.165) is 36.6 Å². The molecule has 4 heterocycles. The molecule has 0 amide bonds. The second-order valence-corrected chi connectivity index (χ2v) is 5.94. The van der Waals surface area contributed by atoms with Gasteiger partial charge in [-0.3, -0.25) is 4.98 Å². The maximum absolute atomic E-state index is 5.71. The lowest BCUT2D eigenvalue weighted by molar-refractivity contribution is -0.0819. The number of fused-ring (bicyclic) bond motifs is 1. The summed E-state index contributed by atoms with van der Waals surface area (Å²) in [7, 11) is 0. The molecule has 2 aromatic rings. The Morgan fingerprint density at radius 3 is 3.12 bits per heavy atom. The number of nitrogens with one attached hydrogen (secondary N) is 2. The fourth-order valence-electron chi connectivity index (χ4n) is 2.99. The minimum Gasteiger partial charge on any atom is -0.376 e. The van der Waals surface area contributed by atoms with Gasteiger partial charge in [-0.2, -0.15) is 0 Å². The van der Waals surface area contributed by atoms with Gasteiger partial charge in [0, 0.05) is 36.6 Å². The van der Waals surface area contributed by atoms with E-state index in [4.69, 9.17) is 19.4 Å². The molecule has 2 aliphatic heterocycles. The van der Waals surface area contributed by atoms with Crippen molar-refractivity contribution in [3.05, 3.63) is 35.8 Å². The standard InChI is InChI=1S/C17H21N5O2/c1-2-12(8-18-4-1)16-21-15-10-19-5-3-14(15)17(22-16)20-9-13-11-23-6-7-24-13/h1-2,4,8,13,19H,3,5-7,9-11H2,(H,20,21,22). The van der Waals surface area contributed by atoms with E-state index in [2.05, 4.69) is 15.6 Å². The first-order chi connectivity index (χ1) is 11.9. The lowest BCUT2D eigenvalue weighted by Gasteiger charge is -2.25. The van der Waals surface area contributed by atoms with Crippen molar-refractivity contribution >= 4 is 5.82 Å². The highest BCUT2D eigenvalue weighted by molar-refractivity contribution is 5.59. The molecule has 1 atom stereocenters. The normalized spacial score (nSPS) is 20.4. The van der Waals surface area contributed by atoms with Crippen LogP contribution in [0.3, 0.4) is 0 Å². The van der Waals surface area contributed by atoms with Gasteiger partial charge in [-0.05, 0) is 25.1 Å². The Hall–Kier alpha value is -2.09. The van der Waals surface area contributed by atoms with E-state index in [1.165, 1.54) is 5.56 Å². The monoisotopic (exact) mass is 327 g/mol. The Morgan fingerprint density at radius 1 is 1.29 bits per heavy atom. The van der Waals surface area contributed by atoms with Crippen LogP contribution in [0.1, 0.15) is 11.3 Å². The molecule has 0 aromatic carbocycles. The van der Waals surface area contributed by atoms with Gasteiger partial charge in [-0.25, -0.2) is 9.97 Å². The first-order valence-electron chi connectivity index (χ1n) is 8.34. The van der Waals surface area contributed by atoms with Crippen molar-refractivity contribution in [2.45, 2.75) is 19.1 Å². The Bertz CT molecular complexity index is 689. The predicted octanol–water partition coefficient (Wildman–Crippen LogP) is 1.01. The van der Waals surface area contributed by atoms with E-state index in [1.54, 1.807) is 12.4 Å². The zero-order valence-corrected chi connectivity index (χ0v) is 13.5. The number of hydrogen-bond donors (Lipinski definition) is 2. The average Bonchev–Trinajstić information content (AvgIpc) is 2.67. The van der Waals surface area contributed by atoms with E-state index >= 15 is 0 Å². The smallest absolute Gasteiger partial charge is 0.163 e. The van der Waals surface area contributed by atoms with Gasteiger partial charge in [0.1, 0.15) is 5.82 Å². The molecule has 0 saturated carbocycles. The second-order valence-electron chi connectivity index (χ2n) is 5.94. The molecular weight excluding hydrogens is 306 g/mol. The lowest BCUT2D eigenvalue weighted by atomic mass is 10.1. The molecule has 1 fully saturated rings. The van der Waals surface area contributed by atoms with Gasteiger partial charge in [0.2, 0.25) is 0 Å². The van der Waals surface area contributed by atoms with E-state index in [1.807, 2.05) is 12.1 Å². The fraction of sp³-hybridized carbons (Fsp3) is 0.471. The van der Waals surface area contributed by atoms with Gasteiger partial charge in [-0.1, -0.05) is 0 Å².